The maximum atomic E-state index is 13.2. The molecular formula is C34H36BrN2O3PS. The Hall–Kier alpha value is -3.09. The number of hydrogen-bond acceptors (Lipinski definition) is 4. The zero-order valence-electron chi connectivity index (χ0n) is 23.9. The molecule has 0 saturated carbocycles. The first-order valence-corrected chi connectivity index (χ1v) is 17.5. The number of sulfonamides is 1. The highest BCUT2D eigenvalue weighted by Crippen LogP contribution is 2.58. The van der Waals surface area contributed by atoms with Gasteiger partial charge in [-0.05, 0) is 73.5 Å². The SMILES string of the molecule is CCCN(CCC)S(=O)(=O)c1ccc(-c2nc(C[P+](c3ccccc3)(c3ccccc3)c3ccccc3)co2)cc1.[Br-]. The van der Waals surface area contributed by atoms with Gasteiger partial charge in [-0.2, -0.15) is 4.31 Å². The molecule has 1 aromatic heterocycles. The number of oxazole rings is 1. The molecule has 0 N–H and O–H groups in total. The molecule has 5 aromatic rings. The van der Waals surface area contributed by atoms with Crippen LogP contribution in [0.2, 0.25) is 0 Å². The van der Waals surface area contributed by atoms with Gasteiger partial charge in [-0.1, -0.05) is 68.4 Å². The van der Waals surface area contributed by atoms with Gasteiger partial charge in [-0.25, -0.2) is 13.4 Å². The molecule has 218 valence electrons. The van der Waals surface area contributed by atoms with Crippen LogP contribution >= 0.6 is 7.26 Å². The van der Waals surface area contributed by atoms with Crippen LogP contribution < -0.4 is 32.9 Å². The molecule has 0 aliphatic heterocycles. The van der Waals surface area contributed by atoms with Gasteiger partial charge in [0.2, 0.25) is 15.9 Å². The van der Waals surface area contributed by atoms with Crippen LogP contribution in [-0.2, 0) is 16.2 Å². The molecule has 0 bridgehead atoms. The molecule has 0 saturated heterocycles. The van der Waals surface area contributed by atoms with E-state index < -0.39 is 17.3 Å². The van der Waals surface area contributed by atoms with Crippen molar-refractivity contribution < 1.29 is 29.8 Å². The summed E-state index contributed by atoms with van der Waals surface area (Å²) in [4.78, 5) is 5.22. The van der Waals surface area contributed by atoms with E-state index in [4.69, 9.17) is 9.40 Å². The Bertz CT molecular complexity index is 1540. The summed E-state index contributed by atoms with van der Waals surface area (Å²) in [6, 6.07) is 38.9. The molecule has 5 nitrogen and oxygen atoms in total. The lowest BCUT2D eigenvalue weighted by Gasteiger charge is -2.26. The summed E-state index contributed by atoms with van der Waals surface area (Å²) in [6.45, 7) is 5.00. The second-order valence-electron chi connectivity index (χ2n) is 10.0. The molecule has 0 amide bonds. The van der Waals surface area contributed by atoms with E-state index in [2.05, 4.69) is 91.0 Å². The summed E-state index contributed by atoms with van der Waals surface area (Å²) in [5.41, 5.74) is 1.61. The molecule has 0 atom stereocenters. The first kappa shape index (κ1) is 31.8. The average molecular weight is 664 g/mol. The maximum absolute atomic E-state index is 13.2. The van der Waals surface area contributed by atoms with Crippen LogP contribution in [-0.4, -0.2) is 30.8 Å². The number of halogens is 1. The third-order valence-electron chi connectivity index (χ3n) is 7.23. The average Bonchev–Trinajstić information content (AvgIpc) is 3.49. The third kappa shape index (κ3) is 6.60. The van der Waals surface area contributed by atoms with E-state index in [1.165, 1.54) is 15.9 Å². The van der Waals surface area contributed by atoms with Crippen LogP contribution in [0.25, 0.3) is 11.5 Å². The molecule has 0 unspecified atom stereocenters. The lowest BCUT2D eigenvalue weighted by molar-refractivity contribution is -0.0000113. The summed E-state index contributed by atoms with van der Waals surface area (Å²) >= 11 is 0. The van der Waals surface area contributed by atoms with Gasteiger partial charge < -0.3 is 21.4 Å². The van der Waals surface area contributed by atoms with E-state index >= 15 is 0 Å². The molecule has 0 radical (unpaired) electrons. The molecule has 0 aliphatic carbocycles. The predicted octanol–water partition coefficient (Wildman–Crippen LogP) is 3.65. The smallest absolute Gasteiger partial charge is 0.243 e. The lowest BCUT2D eigenvalue weighted by Crippen LogP contribution is -3.00. The van der Waals surface area contributed by atoms with Crippen molar-refractivity contribution in [2.45, 2.75) is 37.7 Å². The monoisotopic (exact) mass is 662 g/mol. The largest absolute Gasteiger partial charge is 1.00 e. The van der Waals surface area contributed by atoms with Crippen molar-refractivity contribution in [1.82, 2.24) is 9.29 Å². The fourth-order valence-corrected chi connectivity index (χ4v) is 11.0. The first-order valence-electron chi connectivity index (χ1n) is 14.1. The van der Waals surface area contributed by atoms with Crippen LogP contribution in [0.5, 0.6) is 0 Å². The third-order valence-corrected chi connectivity index (χ3v) is 13.5. The summed E-state index contributed by atoms with van der Waals surface area (Å²) < 4.78 is 34.0. The number of rotatable bonds is 12. The first-order chi connectivity index (χ1) is 20.0. The van der Waals surface area contributed by atoms with Crippen molar-refractivity contribution in [2.75, 3.05) is 13.1 Å². The summed E-state index contributed by atoms with van der Waals surface area (Å²) in [5.74, 6) is 0.482. The molecule has 1 heterocycles. The van der Waals surface area contributed by atoms with Gasteiger partial charge in [-0.15, -0.1) is 0 Å². The van der Waals surface area contributed by atoms with E-state index in [1.54, 1.807) is 34.8 Å². The van der Waals surface area contributed by atoms with Gasteiger partial charge in [0.05, 0.1) is 4.90 Å². The fraction of sp³-hybridized carbons (Fsp3) is 0.206. The highest BCUT2D eigenvalue weighted by atomic mass is 79.9. The fourth-order valence-electron chi connectivity index (χ4n) is 5.29. The summed E-state index contributed by atoms with van der Waals surface area (Å²) in [7, 11) is -5.66. The minimum Gasteiger partial charge on any atom is -1.00 e. The summed E-state index contributed by atoms with van der Waals surface area (Å²) in [6.07, 6.45) is 3.99. The van der Waals surface area contributed by atoms with Gasteiger partial charge >= 0.3 is 0 Å². The van der Waals surface area contributed by atoms with Crippen LogP contribution in [0.1, 0.15) is 32.4 Å². The van der Waals surface area contributed by atoms with Gasteiger partial charge in [0.15, 0.2) is 0 Å². The van der Waals surface area contributed by atoms with E-state index in [9.17, 15) is 8.42 Å². The van der Waals surface area contributed by atoms with Crippen molar-refractivity contribution in [3.63, 3.8) is 0 Å². The van der Waals surface area contributed by atoms with Crippen LogP contribution in [0, 0.1) is 0 Å². The Morgan fingerprint density at radius 3 is 1.57 bits per heavy atom. The second-order valence-corrected chi connectivity index (χ2v) is 15.5. The lowest BCUT2D eigenvalue weighted by atomic mass is 10.2. The molecule has 8 heteroatoms. The Labute approximate surface area is 260 Å². The van der Waals surface area contributed by atoms with Crippen molar-refractivity contribution in [3.8, 4) is 11.5 Å². The zero-order chi connectivity index (χ0) is 28.7. The number of benzene rings is 4. The normalized spacial score (nSPS) is 11.8. The van der Waals surface area contributed by atoms with Crippen molar-refractivity contribution >= 4 is 33.2 Å². The summed E-state index contributed by atoms with van der Waals surface area (Å²) in [5, 5.41) is 3.83. The van der Waals surface area contributed by atoms with Gasteiger partial charge in [0, 0.05) is 18.7 Å². The Kier molecular flexibility index (Phi) is 10.9. The molecular weight excluding hydrogens is 627 g/mol. The number of aromatic nitrogens is 1. The minimum absolute atomic E-state index is 0. The van der Waals surface area contributed by atoms with Crippen LogP contribution in [0.15, 0.2) is 131 Å². The van der Waals surface area contributed by atoms with E-state index in [-0.39, 0.29) is 21.9 Å². The van der Waals surface area contributed by atoms with Crippen molar-refractivity contribution in [3.05, 3.63) is 127 Å². The zero-order valence-corrected chi connectivity index (χ0v) is 27.2. The number of nitrogens with zero attached hydrogens (tertiary/aromatic N) is 2. The number of hydrogen-bond donors (Lipinski definition) is 0. The Morgan fingerprint density at radius 2 is 1.14 bits per heavy atom. The van der Waals surface area contributed by atoms with E-state index in [1.807, 2.05) is 13.8 Å². The van der Waals surface area contributed by atoms with E-state index in [0.29, 0.717) is 25.1 Å². The topological polar surface area (TPSA) is 63.4 Å². The standard InChI is InChI=1S/C34H36N2O3PS.BrH/c1-3-24-36(25-4-2)41(37,38)33-22-20-28(21-23-33)34-35-29(26-39-34)27-40(30-14-8-5-9-15-30,31-16-10-6-11-17-31)32-18-12-7-13-19-32;/h5-23,26H,3-4,24-25,27H2,1-2H3;1H/q+1;/p-1. The van der Waals surface area contributed by atoms with Crippen molar-refractivity contribution in [1.29, 1.82) is 0 Å². The minimum atomic E-state index is -3.55. The quantitative estimate of drug-likeness (QED) is 0.192. The molecule has 5 rings (SSSR count). The van der Waals surface area contributed by atoms with E-state index in [0.717, 1.165) is 24.1 Å². The highest BCUT2D eigenvalue weighted by Gasteiger charge is 2.46. The predicted molar refractivity (Wildman–Crippen MR) is 170 cm³/mol. The molecule has 0 spiro atoms. The highest BCUT2D eigenvalue weighted by molar-refractivity contribution is 7.95. The van der Waals surface area contributed by atoms with Gasteiger partial charge in [-0.3, -0.25) is 0 Å². The molecule has 0 fully saturated rings. The van der Waals surface area contributed by atoms with Gasteiger partial charge in [0.25, 0.3) is 0 Å². The second kappa shape index (κ2) is 14.4. The Balaban J connectivity index is 0.00000405. The maximum Gasteiger partial charge on any atom is 0.243 e. The van der Waals surface area contributed by atoms with Crippen molar-refractivity contribution in [2.24, 2.45) is 0 Å². The molecule has 42 heavy (non-hydrogen) atoms. The Morgan fingerprint density at radius 1 is 0.690 bits per heavy atom. The van der Waals surface area contributed by atoms with Gasteiger partial charge in [0.1, 0.15) is 41.3 Å². The molecule has 0 aliphatic rings. The van der Waals surface area contributed by atoms with Crippen LogP contribution in [0.4, 0.5) is 0 Å². The molecule has 4 aromatic carbocycles. The van der Waals surface area contributed by atoms with Crippen LogP contribution in [0.3, 0.4) is 0 Å².